The van der Waals surface area contributed by atoms with E-state index in [0.29, 0.717) is 0 Å². The zero-order valence-electron chi connectivity index (χ0n) is 15.7. The molecule has 0 aliphatic rings. The molecule has 0 bridgehead atoms. The molecule has 1 amide bonds. The molecule has 27 heavy (non-hydrogen) atoms. The highest BCUT2D eigenvalue weighted by Crippen LogP contribution is 2.26. The first kappa shape index (κ1) is 19.0. The van der Waals surface area contributed by atoms with E-state index >= 15 is 0 Å². The fourth-order valence-electron chi connectivity index (χ4n) is 2.67. The van der Waals surface area contributed by atoms with Gasteiger partial charge in [-0.3, -0.25) is 4.79 Å². The molecule has 0 fully saturated rings. The molecule has 0 saturated heterocycles. The maximum atomic E-state index is 12.2. The maximum Gasteiger partial charge on any atom is 0.234 e. The number of hydrogen-bond acceptors (Lipinski definition) is 5. The first-order valence-corrected chi connectivity index (χ1v) is 9.75. The van der Waals surface area contributed by atoms with Crippen molar-refractivity contribution in [2.45, 2.75) is 18.6 Å². The van der Waals surface area contributed by atoms with Crippen LogP contribution in [0.5, 0.6) is 0 Å². The minimum Gasteiger partial charge on any atom is -0.378 e. The number of hydrogen-bond donors (Lipinski definition) is 1. The molecule has 7 heteroatoms. The van der Waals surface area contributed by atoms with Gasteiger partial charge in [0.1, 0.15) is 0 Å². The number of amides is 1. The Morgan fingerprint density at radius 1 is 1.11 bits per heavy atom. The van der Waals surface area contributed by atoms with Gasteiger partial charge in [-0.05, 0) is 31.2 Å². The molecule has 2 aromatic carbocycles. The summed E-state index contributed by atoms with van der Waals surface area (Å²) in [5.74, 6) is 1.03. The third kappa shape index (κ3) is 4.68. The number of anilines is 2. The van der Waals surface area contributed by atoms with Crippen molar-refractivity contribution in [3.8, 4) is 11.4 Å². The number of rotatable bonds is 7. The topological polar surface area (TPSA) is 63.1 Å². The van der Waals surface area contributed by atoms with Gasteiger partial charge in [-0.15, -0.1) is 10.2 Å². The molecule has 0 spiro atoms. The van der Waals surface area contributed by atoms with E-state index in [2.05, 4.69) is 39.5 Å². The van der Waals surface area contributed by atoms with Crippen molar-refractivity contribution >= 4 is 29.0 Å². The minimum atomic E-state index is -0.0620. The van der Waals surface area contributed by atoms with Crippen LogP contribution in [0, 0.1) is 0 Å². The summed E-state index contributed by atoms with van der Waals surface area (Å²) in [7, 11) is 4.02. The van der Waals surface area contributed by atoms with Gasteiger partial charge in [-0.2, -0.15) is 0 Å². The molecule has 1 N–H and O–H groups in total. The SMILES string of the molecule is CCn1c(SCC(=O)Nc2ccccc2)nnc1-c1cccc(N(C)C)c1. The van der Waals surface area contributed by atoms with Gasteiger partial charge in [0, 0.05) is 37.6 Å². The number of para-hydroxylation sites is 1. The molecule has 140 valence electrons. The molecule has 1 heterocycles. The summed E-state index contributed by atoms with van der Waals surface area (Å²) in [6.07, 6.45) is 0. The van der Waals surface area contributed by atoms with Gasteiger partial charge in [0.05, 0.1) is 5.75 Å². The van der Waals surface area contributed by atoms with E-state index in [1.54, 1.807) is 0 Å². The second-order valence-electron chi connectivity index (χ2n) is 6.20. The Morgan fingerprint density at radius 3 is 2.59 bits per heavy atom. The Morgan fingerprint density at radius 2 is 1.89 bits per heavy atom. The lowest BCUT2D eigenvalue weighted by atomic mass is 10.2. The molecule has 0 saturated carbocycles. The third-order valence-corrected chi connectivity index (χ3v) is 5.01. The van der Waals surface area contributed by atoms with Crippen molar-refractivity contribution in [1.82, 2.24) is 14.8 Å². The van der Waals surface area contributed by atoms with Gasteiger partial charge < -0.3 is 14.8 Å². The van der Waals surface area contributed by atoms with Crippen molar-refractivity contribution in [3.63, 3.8) is 0 Å². The summed E-state index contributed by atoms with van der Waals surface area (Å²) >= 11 is 1.39. The van der Waals surface area contributed by atoms with Crippen molar-refractivity contribution in [1.29, 1.82) is 0 Å². The Bertz CT molecular complexity index is 908. The summed E-state index contributed by atoms with van der Waals surface area (Å²) in [4.78, 5) is 14.2. The van der Waals surface area contributed by atoms with Crippen molar-refractivity contribution < 1.29 is 4.79 Å². The lowest BCUT2D eigenvalue weighted by Gasteiger charge is -2.14. The molecule has 3 aromatic rings. The maximum absolute atomic E-state index is 12.2. The van der Waals surface area contributed by atoms with Gasteiger partial charge >= 0.3 is 0 Å². The Kier molecular flexibility index (Phi) is 6.13. The fraction of sp³-hybridized carbons (Fsp3) is 0.250. The standard InChI is InChI=1S/C20H23N5OS/c1-4-25-19(15-9-8-12-17(13-15)24(2)3)22-23-20(25)27-14-18(26)21-16-10-6-5-7-11-16/h5-13H,4,14H2,1-3H3,(H,21,26). The Balaban J connectivity index is 1.72. The smallest absolute Gasteiger partial charge is 0.234 e. The zero-order chi connectivity index (χ0) is 19.2. The molecular formula is C20H23N5OS. The molecule has 0 aliphatic carbocycles. The average molecular weight is 382 g/mol. The predicted molar refractivity (Wildman–Crippen MR) is 111 cm³/mol. The van der Waals surface area contributed by atoms with Crippen molar-refractivity contribution in [3.05, 3.63) is 54.6 Å². The van der Waals surface area contributed by atoms with Crippen LogP contribution in [0.3, 0.4) is 0 Å². The van der Waals surface area contributed by atoms with Crippen LogP contribution in [0.25, 0.3) is 11.4 Å². The van der Waals surface area contributed by atoms with E-state index < -0.39 is 0 Å². The number of thioether (sulfide) groups is 1. The molecule has 1 aromatic heterocycles. The van der Waals surface area contributed by atoms with Crippen LogP contribution in [0.1, 0.15) is 6.92 Å². The molecule has 0 aliphatic heterocycles. The minimum absolute atomic E-state index is 0.0620. The molecule has 0 radical (unpaired) electrons. The van der Waals surface area contributed by atoms with Gasteiger partial charge in [-0.25, -0.2) is 0 Å². The van der Waals surface area contributed by atoms with E-state index in [0.717, 1.165) is 34.5 Å². The van der Waals surface area contributed by atoms with Crippen LogP contribution in [0.4, 0.5) is 11.4 Å². The quantitative estimate of drug-likeness (QED) is 0.631. The number of nitrogens with zero attached hydrogens (tertiary/aromatic N) is 4. The van der Waals surface area contributed by atoms with E-state index in [1.807, 2.05) is 61.1 Å². The number of nitrogens with one attached hydrogen (secondary N) is 1. The van der Waals surface area contributed by atoms with Crippen LogP contribution >= 0.6 is 11.8 Å². The van der Waals surface area contributed by atoms with Crippen molar-refractivity contribution in [2.24, 2.45) is 0 Å². The van der Waals surface area contributed by atoms with E-state index in [-0.39, 0.29) is 11.7 Å². The molecule has 3 rings (SSSR count). The predicted octanol–water partition coefficient (Wildman–Crippen LogP) is 3.76. The van der Waals surface area contributed by atoms with Crippen LogP contribution in [0.2, 0.25) is 0 Å². The van der Waals surface area contributed by atoms with Gasteiger partial charge in [0.15, 0.2) is 11.0 Å². The molecule has 0 unspecified atom stereocenters. The van der Waals surface area contributed by atoms with Gasteiger partial charge in [0.2, 0.25) is 5.91 Å². The monoisotopic (exact) mass is 381 g/mol. The summed E-state index contributed by atoms with van der Waals surface area (Å²) < 4.78 is 2.04. The first-order chi connectivity index (χ1) is 13.1. The Hall–Kier alpha value is -2.80. The zero-order valence-corrected chi connectivity index (χ0v) is 16.5. The van der Waals surface area contributed by atoms with E-state index in [9.17, 15) is 4.79 Å². The molecular weight excluding hydrogens is 358 g/mol. The summed E-state index contributed by atoms with van der Waals surface area (Å²) in [5, 5.41) is 12.3. The second kappa shape index (κ2) is 8.73. The second-order valence-corrected chi connectivity index (χ2v) is 7.14. The van der Waals surface area contributed by atoms with Crippen molar-refractivity contribution in [2.75, 3.05) is 30.1 Å². The largest absolute Gasteiger partial charge is 0.378 e. The van der Waals surface area contributed by atoms with Crippen LogP contribution in [0.15, 0.2) is 59.8 Å². The van der Waals surface area contributed by atoms with E-state index in [4.69, 9.17) is 0 Å². The number of aromatic nitrogens is 3. The normalized spacial score (nSPS) is 10.6. The van der Waals surface area contributed by atoms with Crippen LogP contribution in [-0.2, 0) is 11.3 Å². The summed E-state index contributed by atoms with van der Waals surface area (Å²) in [5.41, 5.74) is 2.91. The van der Waals surface area contributed by atoms with Crippen LogP contribution < -0.4 is 10.2 Å². The highest BCUT2D eigenvalue weighted by Gasteiger charge is 2.15. The highest BCUT2D eigenvalue weighted by atomic mass is 32.2. The molecule has 6 nitrogen and oxygen atoms in total. The first-order valence-electron chi connectivity index (χ1n) is 8.77. The molecule has 0 atom stereocenters. The number of carbonyl (C=O) groups excluding carboxylic acids is 1. The van der Waals surface area contributed by atoms with Gasteiger partial charge in [0.25, 0.3) is 0 Å². The lowest BCUT2D eigenvalue weighted by molar-refractivity contribution is -0.113. The lowest BCUT2D eigenvalue weighted by Crippen LogP contribution is -2.14. The third-order valence-electron chi connectivity index (χ3n) is 4.04. The van der Waals surface area contributed by atoms with Gasteiger partial charge in [-0.1, -0.05) is 42.1 Å². The number of carbonyl (C=O) groups is 1. The summed E-state index contributed by atoms with van der Waals surface area (Å²) in [6, 6.07) is 17.6. The fourth-order valence-corrected chi connectivity index (χ4v) is 3.47. The van der Waals surface area contributed by atoms with Crippen LogP contribution in [-0.4, -0.2) is 40.5 Å². The number of benzene rings is 2. The average Bonchev–Trinajstić information content (AvgIpc) is 3.10. The van der Waals surface area contributed by atoms with E-state index in [1.165, 1.54) is 11.8 Å². The highest BCUT2D eigenvalue weighted by molar-refractivity contribution is 7.99. The Labute approximate surface area is 163 Å². The summed E-state index contributed by atoms with van der Waals surface area (Å²) in [6.45, 7) is 2.79.